The Kier molecular flexibility index (Phi) is 17.9. The van der Waals surface area contributed by atoms with E-state index in [1.54, 1.807) is 0 Å². The average molecular weight is 403 g/mol. The minimum atomic E-state index is -1.54. The molecule has 0 aromatic carbocycles. The second-order valence-electron chi connectivity index (χ2n) is 9.29. The van der Waals surface area contributed by atoms with Crippen LogP contribution in [0, 0.1) is 0 Å². The van der Waals surface area contributed by atoms with Gasteiger partial charge in [0.05, 0.1) is 0 Å². The topological polar surface area (TPSA) is 0 Å². The lowest BCUT2D eigenvalue weighted by Gasteiger charge is -2.32. The van der Waals surface area contributed by atoms with Crippen LogP contribution >= 0.6 is 11.1 Å². The summed E-state index contributed by atoms with van der Waals surface area (Å²) in [5.41, 5.74) is 1.42. The molecule has 158 valence electrons. The van der Waals surface area contributed by atoms with Crippen molar-refractivity contribution in [1.82, 2.24) is 0 Å². The quantitative estimate of drug-likeness (QED) is 0.114. The third-order valence-electron chi connectivity index (χ3n) is 6.33. The summed E-state index contributed by atoms with van der Waals surface area (Å²) in [6, 6.07) is 1.32. The predicted octanol–water partition coefficient (Wildman–Crippen LogP) is 10.3. The zero-order valence-electron chi connectivity index (χ0n) is 19.1. The van der Waals surface area contributed by atoms with Crippen molar-refractivity contribution in [1.29, 1.82) is 0 Å². The molecule has 0 aliphatic rings. The zero-order valence-corrected chi connectivity index (χ0v) is 20.8. The van der Waals surface area contributed by atoms with Crippen LogP contribution in [0.5, 0.6) is 0 Å². The Labute approximate surface area is 173 Å². The Morgan fingerprint density at radius 3 is 1.04 bits per heavy atom. The van der Waals surface area contributed by atoms with Crippen LogP contribution in [0.15, 0.2) is 0 Å². The fourth-order valence-corrected chi connectivity index (χ4v) is 7.87. The van der Waals surface area contributed by atoms with E-state index in [2.05, 4.69) is 34.6 Å². The van der Waals surface area contributed by atoms with Gasteiger partial charge in [-0.3, -0.25) is 0 Å². The molecule has 2 heteroatoms. The molecule has 0 heterocycles. The number of rotatable bonds is 19. The third kappa shape index (κ3) is 13.6. The van der Waals surface area contributed by atoms with Crippen molar-refractivity contribution in [2.75, 3.05) is 0 Å². The molecule has 0 unspecified atom stereocenters. The maximum Gasteiger partial charge on any atom is 0.161 e. The van der Waals surface area contributed by atoms with Gasteiger partial charge in [-0.05, 0) is 17.1 Å². The maximum absolute atomic E-state index is 7.01. The van der Waals surface area contributed by atoms with Crippen LogP contribution < -0.4 is 0 Å². The molecule has 0 bridgehead atoms. The maximum atomic E-state index is 7.01. The van der Waals surface area contributed by atoms with Crippen molar-refractivity contribution < 1.29 is 0 Å². The summed E-state index contributed by atoms with van der Waals surface area (Å²) in [6.07, 6.45) is 23.1. The van der Waals surface area contributed by atoms with Crippen LogP contribution in [0.1, 0.15) is 137 Å². The van der Waals surface area contributed by atoms with Crippen LogP contribution in [0.25, 0.3) is 0 Å². The highest BCUT2D eigenvalue weighted by Crippen LogP contribution is 2.40. The molecular weight excluding hydrogens is 352 g/mol. The Bertz CT molecular complexity index is 280. The largest absolute Gasteiger partial charge is 0.166 e. The van der Waals surface area contributed by atoms with Crippen molar-refractivity contribution in [3.63, 3.8) is 0 Å². The molecule has 0 aliphatic heterocycles. The highest BCUT2D eigenvalue weighted by Gasteiger charge is 2.37. The van der Waals surface area contributed by atoms with E-state index in [4.69, 9.17) is 11.1 Å². The second kappa shape index (κ2) is 17.6. The molecule has 0 saturated heterocycles. The Morgan fingerprint density at radius 2 is 0.769 bits per heavy atom. The Hall–Kier alpha value is 0.507. The van der Waals surface area contributed by atoms with Gasteiger partial charge in [0, 0.05) is 0 Å². The molecule has 26 heavy (non-hydrogen) atoms. The fourth-order valence-electron chi connectivity index (χ4n) is 4.19. The smallest absolute Gasteiger partial charge is 0.161 e. The standard InChI is InChI=1S/C24H51ClSi/c1-6-7-8-9-10-11-12-13-14-15-16-17-18-19-20-21-22-26(25,23(2)3)24(4)5/h23-24H,6-22H2,1-5H3. The monoisotopic (exact) mass is 402 g/mol. The molecule has 0 aromatic heterocycles. The van der Waals surface area contributed by atoms with Gasteiger partial charge in [0.1, 0.15) is 0 Å². The number of halogens is 1. The highest BCUT2D eigenvalue weighted by atomic mass is 35.6. The average Bonchev–Trinajstić information content (AvgIpc) is 2.60. The van der Waals surface area contributed by atoms with Gasteiger partial charge in [0.15, 0.2) is 7.38 Å². The van der Waals surface area contributed by atoms with Crippen LogP contribution in [0.2, 0.25) is 17.1 Å². The van der Waals surface area contributed by atoms with E-state index in [0.29, 0.717) is 11.1 Å². The lowest BCUT2D eigenvalue weighted by Crippen LogP contribution is -2.34. The number of hydrogen-bond donors (Lipinski definition) is 0. The Balaban J connectivity index is 3.32. The first kappa shape index (κ1) is 26.5. The van der Waals surface area contributed by atoms with E-state index in [1.807, 2.05) is 0 Å². The first-order chi connectivity index (χ1) is 12.4. The van der Waals surface area contributed by atoms with Crippen LogP contribution in [0.3, 0.4) is 0 Å². The number of hydrogen-bond acceptors (Lipinski definition) is 0. The van der Waals surface area contributed by atoms with Crippen molar-refractivity contribution in [3.8, 4) is 0 Å². The lowest BCUT2D eigenvalue weighted by molar-refractivity contribution is 0.531. The van der Waals surface area contributed by atoms with Crippen LogP contribution in [0.4, 0.5) is 0 Å². The molecule has 0 saturated carbocycles. The van der Waals surface area contributed by atoms with Gasteiger partial charge in [0.2, 0.25) is 0 Å². The van der Waals surface area contributed by atoms with Crippen LogP contribution in [-0.2, 0) is 0 Å². The van der Waals surface area contributed by atoms with Gasteiger partial charge in [-0.2, -0.15) is 11.1 Å². The fraction of sp³-hybridized carbons (Fsp3) is 1.00. The van der Waals surface area contributed by atoms with Gasteiger partial charge in [-0.15, -0.1) is 0 Å². The van der Waals surface area contributed by atoms with Crippen molar-refractivity contribution in [3.05, 3.63) is 0 Å². The predicted molar refractivity (Wildman–Crippen MR) is 126 cm³/mol. The van der Waals surface area contributed by atoms with E-state index in [0.717, 1.165) is 0 Å². The van der Waals surface area contributed by atoms with Gasteiger partial charge in [-0.25, -0.2) is 0 Å². The molecular formula is C24H51ClSi. The van der Waals surface area contributed by atoms with E-state index in [9.17, 15) is 0 Å². The first-order valence-corrected chi connectivity index (χ1v) is 15.5. The summed E-state index contributed by atoms with van der Waals surface area (Å²) in [4.78, 5) is 0. The normalized spacial score (nSPS) is 12.5. The summed E-state index contributed by atoms with van der Waals surface area (Å²) in [5.74, 6) is 0. The van der Waals surface area contributed by atoms with Crippen molar-refractivity contribution >= 4 is 18.5 Å². The van der Waals surface area contributed by atoms with Gasteiger partial charge < -0.3 is 0 Å². The summed E-state index contributed by atoms with van der Waals surface area (Å²) in [5, 5.41) is 0. The zero-order chi connectivity index (χ0) is 19.7. The molecule has 0 rings (SSSR count). The summed E-state index contributed by atoms with van der Waals surface area (Å²) >= 11 is 7.01. The minimum absolute atomic E-state index is 0.709. The SMILES string of the molecule is CCCCCCCCCCCCCCCCCC[Si](Cl)(C(C)C)C(C)C. The molecule has 0 spiro atoms. The van der Waals surface area contributed by atoms with E-state index < -0.39 is 7.38 Å². The van der Waals surface area contributed by atoms with Crippen molar-refractivity contribution in [2.45, 2.75) is 154 Å². The molecule has 0 aromatic rings. The van der Waals surface area contributed by atoms with E-state index in [-0.39, 0.29) is 0 Å². The molecule has 0 atom stereocenters. The summed E-state index contributed by atoms with van der Waals surface area (Å²) in [7, 11) is -1.54. The molecule has 0 nitrogen and oxygen atoms in total. The molecule has 0 radical (unpaired) electrons. The van der Waals surface area contributed by atoms with Crippen molar-refractivity contribution in [2.24, 2.45) is 0 Å². The summed E-state index contributed by atoms with van der Waals surface area (Å²) in [6.45, 7) is 11.7. The highest BCUT2D eigenvalue weighted by molar-refractivity contribution is 7.21. The molecule has 0 aliphatic carbocycles. The first-order valence-electron chi connectivity index (χ1n) is 12.1. The van der Waals surface area contributed by atoms with Crippen LogP contribution in [-0.4, -0.2) is 7.38 Å². The van der Waals surface area contributed by atoms with E-state index in [1.165, 1.54) is 109 Å². The Morgan fingerprint density at radius 1 is 0.500 bits per heavy atom. The molecule has 0 amide bonds. The van der Waals surface area contributed by atoms with Gasteiger partial charge >= 0.3 is 0 Å². The second-order valence-corrected chi connectivity index (χ2v) is 16.1. The molecule has 0 fully saturated rings. The number of unbranched alkanes of at least 4 members (excludes halogenated alkanes) is 15. The van der Waals surface area contributed by atoms with Gasteiger partial charge in [0.25, 0.3) is 0 Å². The minimum Gasteiger partial charge on any atom is -0.166 e. The van der Waals surface area contributed by atoms with Gasteiger partial charge in [-0.1, -0.05) is 137 Å². The molecule has 0 N–H and O–H groups in total. The summed E-state index contributed by atoms with van der Waals surface area (Å²) < 4.78 is 0. The van der Waals surface area contributed by atoms with E-state index >= 15 is 0 Å². The third-order valence-corrected chi connectivity index (χ3v) is 14.5. The lowest BCUT2D eigenvalue weighted by atomic mass is 10.0.